The highest BCUT2D eigenvalue weighted by Crippen LogP contribution is 2.37. The number of non-ortho nitro benzene ring substituents is 1. The fourth-order valence-corrected chi connectivity index (χ4v) is 4.02. The molecule has 2 aromatic rings. The van der Waals surface area contributed by atoms with E-state index in [1.165, 1.54) is 17.4 Å². The normalized spacial score (nSPS) is 15.7. The highest BCUT2D eigenvalue weighted by molar-refractivity contribution is 8.18. The van der Waals surface area contributed by atoms with Crippen LogP contribution in [0.3, 0.4) is 0 Å². The maximum Gasteiger partial charge on any atom is 0.418 e. The zero-order valence-electron chi connectivity index (χ0n) is 14.6. The first-order valence-electron chi connectivity index (χ1n) is 8.00. The molecule has 13 heteroatoms. The molecule has 1 fully saturated rings. The van der Waals surface area contributed by atoms with Crippen molar-refractivity contribution >= 4 is 57.6 Å². The number of carbonyl (C=O) groups is 3. The molecule has 1 N–H and O–H groups in total. The lowest BCUT2D eigenvalue weighted by atomic mass is 10.1. The van der Waals surface area contributed by atoms with E-state index in [0.717, 1.165) is 12.1 Å². The summed E-state index contributed by atoms with van der Waals surface area (Å²) in [6, 6.07) is 5.30. The quantitative estimate of drug-likeness (QED) is 0.406. The molecule has 0 saturated carbocycles. The average Bonchev–Trinajstić information content (AvgIpc) is 3.25. The summed E-state index contributed by atoms with van der Waals surface area (Å²) in [6.07, 6.45) is -3.49. The molecule has 0 unspecified atom stereocenters. The summed E-state index contributed by atoms with van der Waals surface area (Å²) in [5.41, 5.74) is -2.94. The number of nitrogens with one attached hydrogen (secondary N) is 1. The number of rotatable bonds is 5. The zero-order chi connectivity index (χ0) is 22.1. The second kappa shape index (κ2) is 8.28. The first-order chi connectivity index (χ1) is 14.1. The molecule has 0 aliphatic carbocycles. The number of halogens is 3. The van der Waals surface area contributed by atoms with Crippen LogP contribution in [0.1, 0.15) is 10.4 Å². The fourth-order valence-electron chi connectivity index (χ4n) is 2.46. The number of hydrogen-bond donors (Lipinski definition) is 1. The summed E-state index contributed by atoms with van der Waals surface area (Å²) in [4.78, 5) is 47.7. The van der Waals surface area contributed by atoms with Crippen LogP contribution in [0.2, 0.25) is 0 Å². The summed E-state index contributed by atoms with van der Waals surface area (Å²) >= 11 is 1.94. The van der Waals surface area contributed by atoms with E-state index in [0.29, 0.717) is 27.6 Å². The van der Waals surface area contributed by atoms with Gasteiger partial charge in [0.2, 0.25) is 5.91 Å². The van der Waals surface area contributed by atoms with Gasteiger partial charge in [-0.25, -0.2) is 0 Å². The summed E-state index contributed by atoms with van der Waals surface area (Å²) in [5.74, 6) is -1.80. The van der Waals surface area contributed by atoms with Gasteiger partial charge in [-0.1, -0.05) is 6.07 Å². The SMILES string of the molecule is O=C(CN1C(=O)S/C(=C\c2cccs2)C1=O)Nc1ccc([N+](=O)[O-])cc1C(F)(F)F. The number of alkyl halides is 3. The van der Waals surface area contributed by atoms with Crippen LogP contribution >= 0.6 is 23.1 Å². The number of nitrogens with zero attached hydrogens (tertiary/aromatic N) is 2. The molecule has 1 saturated heterocycles. The molecule has 0 spiro atoms. The number of nitro groups is 1. The zero-order valence-corrected chi connectivity index (χ0v) is 16.3. The number of carbonyl (C=O) groups excluding carboxylic acids is 3. The summed E-state index contributed by atoms with van der Waals surface area (Å²) in [7, 11) is 0. The Morgan fingerprint density at radius 3 is 2.60 bits per heavy atom. The highest BCUT2D eigenvalue weighted by atomic mass is 32.2. The molecule has 0 atom stereocenters. The lowest BCUT2D eigenvalue weighted by Crippen LogP contribution is -2.36. The topological polar surface area (TPSA) is 110 Å². The number of thiophene rings is 1. The fraction of sp³-hybridized carbons (Fsp3) is 0.118. The second-order valence-electron chi connectivity index (χ2n) is 5.82. The predicted octanol–water partition coefficient (Wildman–Crippen LogP) is 4.35. The van der Waals surface area contributed by atoms with E-state index in [4.69, 9.17) is 0 Å². The lowest BCUT2D eigenvalue weighted by molar-refractivity contribution is -0.385. The first kappa shape index (κ1) is 21.5. The molecule has 2 heterocycles. The van der Waals surface area contributed by atoms with Crippen molar-refractivity contribution in [1.29, 1.82) is 0 Å². The van der Waals surface area contributed by atoms with Crippen LogP contribution in [0.5, 0.6) is 0 Å². The van der Waals surface area contributed by atoms with Crippen LogP contribution in [0.25, 0.3) is 6.08 Å². The van der Waals surface area contributed by atoms with E-state index >= 15 is 0 Å². The Bertz CT molecular complexity index is 1070. The Hall–Kier alpha value is -3.19. The van der Waals surface area contributed by atoms with Crippen molar-refractivity contribution in [2.45, 2.75) is 6.18 Å². The van der Waals surface area contributed by atoms with Crippen molar-refractivity contribution in [2.75, 3.05) is 11.9 Å². The Labute approximate surface area is 174 Å². The molecule has 1 aliphatic rings. The number of thioether (sulfide) groups is 1. The summed E-state index contributed by atoms with van der Waals surface area (Å²) < 4.78 is 39.6. The van der Waals surface area contributed by atoms with Crippen LogP contribution in [-0.4, -0.2) is 33.4 Å². The molecule has 30 heavy (non-hydrogen) atoms. The lowest BCUT2D eigenvalue weighted by Gasteiger charge is -2.16. The first-order valence-corrected chi connectivity index (χ1v) is 9.70. The van der Waals surface area contributed by atoms with Gasteiger partial charge in [-0.15, -0.1) is 11.3 Å². The van der Waals surface area contributed by atoms with Gasteiger partial charge in [-0.05, 0) is 35.4 Å². The van der Waals surface area contributed by atoms with Gasteiger partial charge in [0, 0.05) is 17.0 Å². The van der Waals surface area contributed by atoms with Gasteiger partial charge >= 0.3 is 6.18 Å². The number of hydrogen-bond acceptors (Lipinski definition) is 7. The van der Waals surface area contributed by atoms with Crippen molar-refractivity contribution in [2.24, 2.45) is 0 Å². The maximum atomic E-state index is 13.2. The Kier molecular flexibility index (Phi) is 5.94. The molecule has 1 aliphatic heterocycles. The monoisotopic (exact) mass is 457 g/mol. The van der Waals surface area contributed by atoms with Crippen molar-refractivity contribution in [3.05, 3.63) is 61.2 Å². The van der Waals surface area contributed by atoms with Gasteiger partial charge in [0.05, 0.1) is 21.1 Å². The molecule has 8 nitrogen and oxygen atoms in total. The van der Waals surface area contributed by atoms with Gasteiger partial charge in [-0.3, -0.25) is 29.4 Å². The van der Waals surface area contributed by atoms with E-state index in [9.17, 15) is 37.7 Å². The van der Waals surface area contributed by atoms with E-state index in [1.54, 1.807) is 17.5 Å². The standard InChI is InChI=1S/C17H10F3N3O5S2/c18-17(19,20)11-6-9(23(27)28)3-4-12(11)21-14(24)8-22-15(25)13(30-16(22)26)7-10-2-1-5-29-10/h1-7H,8H2,(H,21,24)/b13-7-. The number of anilines is 1. The van der Waals surface area contributed by atoms with Crippen LogP contribution in [0.15, 0.2) is 40.6 Å². The van der Waals surface area contributed by atoms with Gasteiger partial charge in [0.15, 0.2) is 0 Å². The molecular weight excluding hydrogens is 447 g/mol. The van der Waals surface area contributed by atoms with E-state index < -0.39 is 51.6 Å². The van der Waals surface area contributed by atoms with Crippen LogP contribution < -0.4 is 5.32 Å². The van der Waals surface area contributed by atoms with Crippen LogP contribution in [0, 0.1) is 10.1 Å². The number of benzene rings is 1. The van der Waals surface area contributed by atoms with Gasteiger partial charge in [0.25, 0.3) is 16.8 Å². The van der Waals surface area contributed by atoms with Crippen molar-refractivity contribution in [3.8, 4) is 0 Å². The average molecular weight is 457 g/mol. The molecular formula is C17H10F3N3O5S2. The van der Waals surface area contributed by atoms with Crippen LogP contribution in [-0.2, 0) is 15.8 Å². The summed E-state index contributed by atoms with van der Waals surface area (Å²) in [6.45, 7) is -0.805. The van der Waals surface area contributed by atoms with E-state index in [-0.39, 0.29) is 4.91 Å². The molecule has 3 amide bonds. The summed E-state index contributed by atoms with van der Waals surface area (Å²) in [5, 5.41) is 13.7. The number of nitro benzene ring substituents is 1. The second-order valence-corrected chi connectivity index (χ2v) is 7.79. The third kappa shape index (κ3) is 4.68. The van der Waals surface area contributed by atoms with Gasteiger partial charge < -0.3 is 5.32 Å². The third-order valence-corrected chi connectivity index (χ3v) is 5.51. The smallest absolute Gasteiger partial charge is 0.324 e. The molecule has 0 radical (unpaired) electrons. The van der Waals surface area contributed by atoms with Gasteiger partial charge in [0.1, 0.15) is 6.54 Å². The minimum absolute atomic E-state index is 0.0848. The highest BCUT2D eigenvalue weighted by Gasteiger charge is 2.38. The van der Waals surface area contributed by atoms with Crippen molar-refractivity contribution in [3.63, 3.8) is 0 Å². The molecule has 0 bridgehead atoms. The Morgan fingerprint density at radius 2 is 2.00 bits per heavy atom. The number of amides is 3. The molecule has 156 valence electrons. The third-order valence-electron chi connectivity index (χ3n) is 3.79. The predicted molar refractivity (Wildman–Crippen MR) is 104 cm³/mol. The molecule has 1 aromatic carbocycles. The van der Waals surface area contributed by atoms with E-state index in [2.05, 4.69) is 0 Å². The minimum Gasteiger partial charge on any atom is -0.324 e. The minimum atomic E-state index is -4.97. The van der Waals surface area contributed by atoms with E-state index in [1.807, 2.05) is 5.32 Å². The largest absolute Gasteiger partial charge is 0.418 e. The Morgan fingerprint density at radius 1 is 1.27 bits per heavy atom. The molecule has 3 rings (SSSR count). The van der Waals surface area contributed by atoms with Crippen molar-refractivity contribution < 1.29 is 32.5 Å². The maximum absolute atomic E-state index is 13.2. The van der Waals surface area contributed by atoms with Gasteiger partial charge in [-0.2, -0.15) is 13.2 Å². The molecule has 1 aromatic heterocycles. The number of imide groups is 1. The van der Waals surface area contributed by atoms with Crippen LogP contribution in [0.4, 0.5) is 29.3 Å². The van der Waals surface area contributed by atoms with Crippen molar-refractivity contribution in [1.82, 2.24) is 4.90 Å². The Balaban J connectivity index is 1.77.